The van der Waals surface area contributed by atoms with Crippen molar-refractivity contribution < 1.29 is 42.1 Å². The van der Waals surface area contributed by atoms with Gasteiger partial charge in [-0.25, -0.2) is 22.9 Å². The molecule has 0 saturated heterocycles. The molecule has 0 radical (unpaired) electrons. The summed E-state index contributed by atoms with van der Waals surface area (Å²) in [6.07, 6.45) is 4.15. The van der Waals surface area contributed by atoms with Crippen LogP contribution in [0.2, 0.25) is 0 Å². The lowest BCUT2D eigenvalue weighted by molar-refractivity contribution is -0.115. The van der Waals surface area contributed by atoms with Crippen LogP contribution in [0.5, 0.6) is 28.9 Å². The molecule has 1 aliphatic rings. The van der Waals surface area contributed by atoms with Gasteiger partial charge in [-0.2, -0.15) is 0 Å². The monoisotopic (exact) mass is 661 g/mol. The molecule has 1 aliphatic carbocycles. The van der Waals surface area contributed by atoms with Crippen LogP contribution in [0.15, 0.2) is 90.0 Å². The molecule has 0 atom stereocenters. The lowest BCUT2D eigenvalue weighted by atomic mass is 9.94. The molecule has 13 heteroatoms. The topological polar surface area (TPSA) is 162 Å². The third-order valence-corrected chi connectivity index (χ3v) is 9.12. The molecule has 47 heavy (non-hydrogen) atoms. The number of hydrogen-bond donors (Lipinski definition) is 3. The maximum absolute atomic E-state index is 13.0. The van der Waals surface area contributed by atoms with E-state index in [-0.39, 0.29) is 40.6 Å². The fraction of sp³-hybridized carbons (Fsp3) is 0.265. The molecule has 4 aromatic rings. The van der Waals surface area contributed by atoms with Gasteiger partial charge in [-0.15, -0.1) is 0 Å². The van der Waals surface area contributed by atoms with Gasteiger partial charge >= 0.3 is 5.97 Å². The molecule has 1 saturated carbocycles. The van der Waals surface area contributed by atoms with Gasteiger partial charge < -0.3 is 29.4 Å². The number of hydrogen-bond acceptors (Lipinski definition) is 9. The van der Waals surface area contributed by atoms with Gasteiger partial charge in [-0.3, -0.25) is 4.79 Å². The van der Waals surface area contributed by atoms with Gasteiger partial charge in [0.1, 0.15) is 11.5 Å². The van der Waals surface area contributed by atoms with Crippen molar-refractivity contribution in [3.05, 3.63) is 96.2 Å². The Hall–Kier alpha value is -5.14. The minimum atomic E-state index is -3.73. The molecule has 246 valence electrons. The molecule has 1 amide bonds. The Balaban J connectivity index is 1.07. The zero-order chi connectivity index (χ0) is 33.4. The van der Waals surface area contributed by atoms with E-state index >= 15 is 0 Å². The van der Waals surface area contributed by atoms with Gasteiger partial charge in [-0.05, 0) is 79.8 Å². The van der Waals surface area contributed by atoms with Crippen LogP contribution in [0.1, 0.15) is 41.6 Å². The molecule has 0 unspecified atom stereocenters. The molecular weight excluding hydrogens is 626 g/mol. The van der Waals surface area contributed by atoms with Crippen LogP contribution < -0.4 is 29.0 Å². The van der Waals surface area contributed by atoms with E-state index in [1.54, 1.807) is 54.6 Å². The van der Waals surface area contributed by atoms with Crippen molar-refractivity contribution in [2.45, 2.75) is 49.1 Å². The van der Waals surface area contributed by atoms with E-state index in [0.29, 0.717) is 60.1 Å². The van der Waals surface area contributed by atoms with E-state index in [1.807, 2.05) is 0 Å². The standard InChI is InChI=1S/C34H35N3O9S/c1-43-30-17-16-27(20-31(30)44-2)47(41,42)37-23-8-10-24(11-9-23)45-25-12-14-26(15-13-25)46-33-18-7-22(21-35-33)19-32(38)36-29-6-4-3-5-28(29)34(39)40/h3-7,12-18,20-21,23-24,37H,8-11,19H2,1-2H3,(H,36,38)(H,39,40). The third-order valence-electron chi connectivity index (χ3n) is 7.60. The average Bonchev–Trinajstić information content (AvgIpc) is 3.07. The van der Waals surface area contributed by atoms with Crippen molar-refractivity contribution in [2.24, 2.45) is 0 Å². The Labute approximate surface area is 272 Å². The van der Waals surface area contributed by atoms with Crippen LogP contribution in [0.3, 0.4) is 0 Å². The summed E-state index contributed by atoms with van der Waals surface area (Å²) in [6, 6.07) is 21.0. The predicted octanol–water partition coefficient (Wildman–Crippen LogP) is 5.44. The maximum atomic E-state index is 13.0. The molecule has 5 rings (SSSR count). The summed E-state index contributed by atoms with van der Waals surface area (Å²) in [5, 5.41) is 11.9. The van der Waals surface area contributed by atoms with Crippen molar-refractivity contribution in [1.82, 2.24) is 9.71 Å². The van der Waals surface area contributed by atoms with Crippen LogP contribution in [0.25, 0.3) is 0 Å². The van der Waals surface area contributed by atoms with E-state index in [0.717, 1.165) is 0 Å². The number of sulfonamides is 1. The molecule has 1 heterocycles. The number of anilines is 1. The Morgan fingerprint density at radius 3 is 2.23 bits per heavy atom. The Bertz CT molecular complexity index is 1810. The highest BCUT2D eigenvalue weighted by Gasteiger charge is 2.27. The number of ether oxygens (including phenoxy) is 4. The zero-order valence-electron chi connectivity index (χ0n) is 25.8. The number of carbonyl (C=O) groups is 2. The second-order valence-corrected chi connectivity index (χ2v) is 12.6. The summed E-state index contributed by atoms with van der Waals surface area (Å²) in [4.78, 5) is 28.2. The minimum Gasteiger partial charge on any atom is -0.493 e. The number of carboxylic acids is 1. The second kappa shape index (κ2) is 15.0. The lowest BCUT2D eigenvalue weighted by Crippen LogP contribution is -2.39. The smallest absolute Gasteiger partial charge is 0.337 e. The number of amides is 1. The predicted molar refractivity (Wildman–Crippen MR) is 173 cm³/mol. The first-order valence-electron chi connectivity index (χ1n) is 14.9. The second-order valence-electron chi connectivity index (χ2n) is 10.9. The molecule has 1 aromatic heterocycles. The van der Waals surface area contributed by atoms with Crippen molar-refractivity contribution in [1.29, 1.82) is 0 Å². The molecule has 3 aromatic carbocycles. The van der Waals surface area contributed by atoms with Crippen LogP contribution in [0.4, 0.5) is 5.69 Å². The van der Waals surface area contributed by atoms with E-state index in [4.69, 9.17) is 18.9 Å². The Morgan fingerprint density at radius 1 is 0.872 bits per heavy atom. The zero-order valence-corrected chi connectivity index (χ0v) is 26.7. The van der Waals surface area contributed by atoms with Crippen molar-refractivity contribution >= 4 is 27.6 Å². The quantitative estimate of drug-likeness (QED) is 0.168. The largest absolute Gasteiger partial charge is 0.493 e. The maximum Gasteiger partial charge on any atom is 0.337 e. The number of rotatable bonds is 13. The fourth-order valence-electron chi connectivity index (χ4n) is 5.20. The number of methoxy groups -OCH3 is 2. The summed E-state index contributed by atoms with van der Waals surface area (Å²) in [5.41, 5.74) is 0.878. The highest BCUT2D eigenvalue weighted by molar-refractivity contribution is 7.89. The number of carbonyl (C=O) groups excluding carboxylic acids is 1. The van der Waals surface area contributed by atoms with E-state index in [1.165, 1.54) is 44.7 Å². The fourth-order valence-corrected chi connectivity index (χ4v) is 6.52. The number of para-hydroxylation sites is 1. The van der Waals surface area contributed by atoms with Crippen LogP contribution in [0, 0.1) is 0 Å². The first-order valence-corrected chi connectivity index (χ1v) is 16.4. The van der Waals surface area contributed by atoms with E-state index < -0.39 is 16.0 Å². The van der Waals surface area contributed by atoms with Gasteiger partial charge in [0.2, 0.25) is 21.8 Å². The van der Waals surface area contributed by atoms with E-state index in [9.17, 15) is 23.1 Å². The minimum absolute atomic E-state index is 0.0129. The number of benzene rings is 3. The molecule has 0 bridgehead atoms. The highest BCUT2D eigenvalue weighted by Crippen LogP contribution is 2.31. The summed E-state index contributed by atoms with van der Waals surface area (Å²) >= 11 is 0. The molecule has 12 nitrogen and oxygen atoms in total. The van der Waals surface area contributed by atoms with Gasteiger partial charge in [0.15, 0.2) is 11.5 Å². The van der Waals surface area contributed by atoms with Gasteiger partial charge in [0.25, 0.3) is 0 Å². The van der Waals surface area contributed by atoms with Crippen LogP contribution in [-0.2, 0) is 21.2 Å². The number of aromatic carboxylic acids is 1. The third kappa shape index (κ3) is 8.77. The lowest BCUT2D eigenvalue weighted by Gasteiger charge is -2.29. The number of nitrogens with zero attached hydrogens (tertiary/aromatic N) is 1. The Morgan fingerprint density at radius 2 is 1.57 bits per heavy atom. The van der Waals surface area contributed by atoms with Crippen molar-refractivity contribution in [2.75, 3.05) is 19.5 Å². The first kappa shape index (κ1) is 33.2. The Kier molecular flexibility index (Phi) is 10.6. The summed E-state index contributed by atoms with van der Waals surface area (Å²) in [6.45, 7) is 0. The van der Waals surface area contributed by atoms with Crippen LogP contribution in [-0.4, -0.2) is 56.8 Å². The number of aromatic nitrogens is 1. The number of pyridine rings is 1. The van der Waals surface area contributed by atoms with Crippen molar-refractivity contribution in [3.8, 4) is 28.9 Å². The molecule has 0 spiro atoms. The highest BCUT2D eigenvalue weighted by atomic mass is 32.2. The summed E-state index contributed by atoms with van der Waals surface area (Å²) in [5.74, 6) is 0.876. The first-order chi connectivity index (χ1) is 22.6. The SMILES string of the molecule is COc1ccc(S(=O)(=O)NC2CCC(Oc3ccc(Oc4ccc(CC(=O)Nc5ccccc5C(=O)O)cn4)cc3)CC2)cc1OC. The normalized spacial score (nSPS) is 16.1. The molecule has 3 N–H and O–H groups in total. The van der Waals surface area contributed by atoms with Crippen molar-refractivity contribution in [3.63, 3.8) is 0 Å². The summed E-state index contributed by atoms with van der Waals surface area (Å²) < 4.78 is 51.1. The van der Waals surface area contributed by atoms with Gasteiger partial charge in [-0.1, -0.05) is 18.2 Å². The van der Waals surface area contributed by atoms with Gasteiger partial charge in [0.05, 0.1) is 42.9 Å². The number of nitrogens with one attached hydrogen (secondary N) is 2. The molecule has 1 fully saturated rings. The van der Waals surface area contributed by atoms with Crippen LogP contribution >= 0.6 is 0 Å². The molecular formula is C34H35N3O9S. The molecule has 0 aliphatic heterocycles. The number of carboxylic acid groups (broad SMARTS) is 1. The summed E-state index contributed by atoms with van der Waals surface area (Å²) in [7, 11) is -0.777. The van der Waals surface area contributed by atoms with Gasteiger partial charge in [0, 0.05) is 24.4 Å². The van der Waals surface area contributed by atoms with E-state index in [2.05, 4.69) is 15.0 Å². The average molecular weight is 662 g/mol.